The summed E-state index contributed by atoms with van der Waals surface area (Å²) in [4.78, 5) is 16.7. The average molecular weight is 324 g/mol. The lowest BCUT2D eigenvalue weighted by molar-refractivity contribution is 0.0111. The third kappa shape index (κ3) is 4.34. The van der Waals surface area contributed by atoms with Crippen molar-refractivity contribution in [2.75, 3.05) is 45.9 Å². The Labute approximate surface area is 138 Å². The zero-order chi connectivity index (χ0) is 17.0. The highest BCUT2D eigenvalue weighted by atomic mass is 16.5. The van der Waals surface area contributed by atoms with Crippen LogP contribution >= 0.6 is 0 Å². The Morgan fingerprint density at radius 2 is 1.87 bits per heavy atom. The standard InChI is InChI=1S/C17H28N2O4/c1-5-22-11-15(20)10-18-6-8-19(9-7-18)17(21)16-12(2)13(3)23-14(16)4/h15,20H,5-11H2,1-4H3/t15-/m1/s1. The summed E-state index contributed by atoms with van der Waals surface area (Å²) in [6, 6.07) is 0. The van der Waals surface area contributed by atoms with E-state index in [9.17, 15) is 9.90 Å². The smallest absolute Gasteiger partial charge is 0.257 e. The number of hydrogen-bond donors (Lipinski definition) is 1. The number of piperazine rings is 1. The first-order chi connectivity index (χ1) is 10.9. The molecule has 2 heterocycles. The molecule has 130 valence electrons. The number of hydrogen-bond acceptors (Lipinski definition) is 5. The van der Waals surface area contributed by atoms with Crippen molar-refractivity contribution in [2.45, 2.75) is 33.8 Å². The second-order valence-electron chi connectivity index (χ2n) is 6.12. The van der Waals surface area contributed by atoms with Crippen molar-refractivity contribution < 1.29 is 19.1 Å². The number of carbonyl (C=O) groups excluding carboxylic acids is 1. The number of aliphatic hydroxyl groups excluding tert-OH is 1. The molecule has 0 unspecified atom stereocenters. The molecule has 23 heavy (non-hydrogen) atoms. The van der Waals surface area contributed by atoms with E-state index in [4.69, 9.17) is 9.15 Å². The van der Waals surface area contributed by atoms with Gasteiger partial charge in [0.15, 0.2) is 0 Å². The van der Waals surface area contributed by atoms with Crippen LogP contribution in [0.5, 0.6) is 0 Å². The molecule has 1 aromatic heterocycles. The van der Waals surface area contributed by atoms with Gasteiger partial charge in [0.2, 0.25) is 0 Å². The maximum Gasteiger partial charge on any atom is 0.257 e. The van der Waals surface area contributed by atoms with E-state index in [-0.39, 0.29) is 5.91 Å². The molecule has 1 aliphatic rings. The lowest BCUT2D eigenvalue weighted by Crippen LogP contribution is -2.51. The summed E-state index contributed by atoms with van der Waals surface area (Å²) in [6.45, 7) is 12.0. The number of furan rings is 1. The largest absolute Gasteiger partial charge is 0.466 e. The fourth-order valence-corrected chi connectivity index (χ4v) is 3.00. The first-order valence-electron chi connectivity index (χ1n) is 8.28. The summed E-state index contributed by atoms with van der Waals surface area (Å²) in [6.07, 6.45) is -0.474. The summed E-state index contributed by atoms with van der Waals surface area (Å²) in [7, 11) is 0. The zero-order valence-corrected chi connectivity index (χ0v) is 14.6. The molecule has 0 bridgehead atoms. The van der Waals surface area contributed by atoms with Crippen molar-refractivity contribution in [3.05, 3.63) is 22.6 Å². The molecule has 0 radical (unpaired) electrons. The molecule has 6 heteroatoms. The maximum atomic E-state index is 12.7. The van der Waals surface area contributed by atoms with E-state index in [0.717, 1.165) is 24.4 Å². The van der Waals surface area contributed by atoms with Gasteiger partial charge in [0.25, 0.3) is 5.91 Å². The summed E-state index contributed by atoms with van der Waals surface area (Å²) >= 11 is 0. The van der Waals surface area contributed by atoms with Crippen molar-refractivity contribution >= 4 is 5.91 Å². The Bertz CT molecular complexity index is 533. The van der Waals surface area contributed by atoms with Gasteiger partial charge < -0.3 is 19.2 Å². The van der Waals surface area contributed by atoms with Crippen LogP contribution in [0.1, 0.15) is 34.4 Å². The van der Waals surface area contributed by atoms with Gasteiger partial charge in [-0.15, -0.1) is 0 Å². The molecule has 0 saturated carbocycles. The minimum absolute atomic E-state index is 0.0476. The molecule has 1 aliphatic heterocycles. The van der Waals surface area contributed by atoms with Crippen LogP contribution < -0.4 is 0 Å². The monoisotopic (exact) mass is 324 g/mol. The van der Waals surface area contributed by atoms with E-state index in [2.05, 4.69) is 4.90 Å². The SMILES string of the molecule is CCOC[C@H](O)CN1CCN(C(=O)c2c(C)oc(C)c2C)CC1. The Morgan fingerprint density at radius 3 is 2.39 bits per heavy atom. The van der Waals surface area contributed by atoms with Crippen molar-refractivity contribution in [3.8, 4) is 0 Å². The van der Waals surface area contributed by atoms with E-state index >= 15 is 0 Å². The zero-order valence-electron chi connectivity index (χ0n) is 14.6. The van der Waals surface area contributed by atoms with Crippen molar-refractivity contribution in [1.82, 2.24) is 9.80 Å². The van der Waals surface area contributed by atoms with E-state index in [0.29, 0.717) is 44.2 Å². The lowest BCUT2D eigenvalue weighted by Gasteiger charge is -2.35. The number of β-amino-alcohol motifs (C(OH)–C–C–N with tert-alkyl or cyclic N) is 1. The summed E-state index contributed by atoms with van der Waals surface area (Å²) in [5, 5.41) is 9.90. The number of aliphatic hydroxyl groups is 1. The number of carbonyl (C=O) groups is 1. The highest BCUT2D eigenvalue weighted by Crippen LogP contribution is 2.22. The molecular weight excluding hydrogens is 296 g/mol. The molecule has 0 aromatic carbocycles. The first-order valence-corrected chi connectivity index (χ1v) is 8.28. The van der Waals surface area contributed by atoms with Crippen LogP contribution in [-0.4, -0.2) is 72.9 Å². The van der Waals surface area contributed by atoms with Crippen LogP contribution in [0.15, 0.2) is 4.42 Å². The summed E-state index contributed by atoms with van der Waals surface area (Å²) in [5.74, 6) is 1.55. The normalized spacial score (nSPS) is 17.5. The highest BCUT2D eigenvalue weighted by Gasteiger charge is 2.27. The Hall–Kier alpha value is -1.37. The van der Waals surface area contributed by atoms with E-state index in [1.54, 1.807) is 0 Å². The maximum absolute atomic E-state index is 12.7. The van der Waals surface area contributed by atoms with E-state index < -0.39 is 6.10 Å². The third-order valence-corrected chi connectivity index (χ3v) is 4.42. The number of ether oxygens (including phenoxy) is 1. The second kappa shape index (κ2) is 7.95. The van der Waals surface area contributed by atoms with Gasteiger partial charge in [0.05, 0.1) is 18.3 Å². The molecule has 1 amide bonds. The number of aryl methyl sites for hydroxylation is 2. The minimum atomic E-state index is -0.474. The van der Waals surface area contributed by atoms with Crippen molar-refractivity contribution in [1.29, 1.82) is 0 Å². The van der Waals surface area contributed by atoms with Gasteiger partial charge in [-0.3, -0.25) is 9.69 Å². The topological polar surface area (TPSA) is 66.2 Å². The lowest BCUT2D eigenvalue weighted by atomic mass is 10.1. The molecule has 1 aromatic rings. The van der Waals surface area contributed by atoms with Crippen molar-refractivity contribution in [3.63, 3.8) is 0 Å². The quantitative estimate of drug-likeness (QED) is 0.856. The van der Waals surface area contributed by atoms with Crippen LogP contribution in [0.2, 0.25) is 0 Å². The Balaban J connectivity index is 1.88. The fraction of sp³-hybridized carbons (Fsp3) is 0.706. The van der Waals surface area contributed by atoms with Gasteiger partial charge in [-0.1, -0.05) is 0 Å². The molecule has 1 N–H and O–H groups in total. The predicted molar refractivity (Wildman–Crippen MR) is 87.8 cm³/mol. The molecule has 0 spiro atoms. The summed E-state index contributed by atoms with van der Waals surface area (Å²) in [5.41, 5.74) is 1.63. The number of nitrogens with zero attached hydrogens (tertiary/aromatic N) is 2. The van der Waals surface area contributed by atoms with Gasteiger partial charge in [0.1, 0.15) is 11.5 Å². The Kier molecular flexibility index (Phi) is 6.21. The second-order valence-corrected chi connectivity index (χ2v) is 6.12. The molecule has 1 fully saturated rings. The molecule has 1 atom stereocenters. The van der Waals surface area contributed by atoms with E-state index in [1.165, 1.54) is 0 Å². The molecular formula is C17H28N2O4. The summed E-state index contributed by atoms with van der Waals surface area (Å²) < 4.78 is 10.8. The van der Waals surface area contributed by atoms with Gasteiger partial charge in [0, 0.05) is 44.9 Å². The van der Waals surface area contributed by atoms with Crippen LogP contribution in [0, 0.1) is 20.8 Å². The first kappa shape index (κ1) is 18.0. The predicted octanol–water partition coefficient (Wildman–Crippen LogP) is 1.36. The molecule has 0 aliphatic carbocycles. The van der Waals surface area contributed by atoms with Gasteiger partial charge in [-0.05, 0) is 27.7 Å². The van der Waals surface area contributed by atoms with Crippen LogP contribution in [-0.2, 0) is 4.74 Å². The molecule has 2 rings (SSSR count). The van der Waals surface area contributed by atoms with E-state index in [1.807, 2.05) is 32.6 Å². The average Bonchev–Trinajstić information content (AvgIpc) is 2.78. The van der Waals surface area contributed by atoms with Crippen LogP contribution in [0.4, 0.5) is 0 Å². The van der Waals surface area contributed by atoms with Gasteiger partial charge in [-0.2, -0.15) is 0 Å². The van der Waals surface area contributed by atoms with Gasteiger partial charge in [-0.25, -0.2) is 0 Å². The van der Waals surface area contributed by atoms with Gasteiger partial charge >= 0.3 is 0 Å². The Morgan fingerprint density at radius 1 is 1.22 bits per heavy atom. The molecule has 1 saturated heterocycles. The number of amides is 1. The minimum Gasteiger partial charge on any atom is -0.466 e. The van der Waals surface area contributed by atoms with Crippen LogP contribution in [0.25, 0.3) is 0 Å². The third-order valence-electron chi connectivity index (χ3n) is 4.42. The number of rotatable bonds is 6. The van der Waals surface area contributed by atoms with Crippen molar-refractivity contribution in [2.24, 2.45) is 0 Å². The fourth-order valence-electron chi connectivity index (χ4n) is 3.00. The molecule has 6 nitrogen and oxygen atoms in total. The highest BCUT2D eigenvalue weighted by molar-refractivity contribution is 5.97. The van der Waals surface area contributed by atoms with Crippen LogP contribution in [0.3, 0.4) is 0 Å².